The summed E-state index contributed by atoms with van der Waals surface area (Å²) < 4.78 is 2.34. The van der Waals surface area contributed by atoms with Crippen molar-refractivity contribution in [3.05, 3.63) is 90.1 Å². The van der Waals surface area contributed by atoms with Gasteiger partial charge in [-0.2, -0.15) is 0 Å². The van der Waals surface area contributed by atoms with Gasteiger partial charge >= 0.3 is 0 Å². The van der Waals surface area contributed by atoms with Crippen molar-refractivity contribution < 1.29 is 0 Å². The van der Waals surface area contributed by atoms with Crippen molar-refractivity contribution in [1.29, 1.82) is 0 Å². The Morgan fingerprint density at radius 2 is 1.66 bits per heavy atom. The zero-order valence-corrected chi connectivity index (χ0v) is 22.2. The summed E-state index contributed by atoms with van der Waals surface area (Å²) in [5, 5.41) is 0. The fourth-order valence-corrected chi connectivity index (χ4v) is 4.61. The number of benzene rings is 1. The van der Waals surface area contributed by atoms with Crippen LogP contribution in [-0.4, -0.2) is 44.0 Å². The Morgan fingerprint density at radius 1 is 0.914 bits per heavy atom. The van der Waals surface area contributed by atoms with E-state index in [1.54, 1.807) is 0 Å². The SMILES string of the molecule is [CH]c1ccc(CN(Cc2ccc(C)cn2)C(C)c2nccn2CCCCN(CCC)CCC)cc1. The standard InChI is InChI=1S/C30H43N5/c1-6-17-33(18-7-2)19-8-9-20-34-21-16-31-30(34)27(5)35(23-28-13-10-25(3)11-14-28)24-29-15-12-26(4)22-32-29/h3,10-16,21-22,27H,6-9,17-20,23-24H2,1-2,4-5H3. The normalized spacial score (nSPS) is 12.5. The summed E-state index contributed by atoms with van der Waals surface area (Å²) in [7, 11) is 0. The molecule has 0 aliphatic carbocycles. The van der Waals surface area contributed by atoms with Crippen LogP contribution in [0.5, 0.6) is 0 Å². The molecule has 0 fully saturated rings. The van der Waals surface area contributed by atoms with Crippen molar-refractivity contribution in [2.45, 2.75) is 79.1 Å². The molecular formula is C30H43N5. The molecule has 1 unspecified atom stereocenters. The van der Waals surface area contributed by atoms with Gasteiger partial charge in [-0.25, -0.2) is 4.98 Å². The summed E-state index contributed by atoms with van der Waals surface area (Å²) in [4.78, 5) is 14.5. The Hall–Kier alpha value is -2.50. The van der Waals surface area contributed by atoms with Gasteiger partial charge in [0.05, 0.1) is 11.7 Å². The Bertz CT molecular complexity index is 923. The molecule has 2 radical (unpaired) electrons. The summed E-state index contributed by atoms with van der Waals surface area (Å²) >= 11 is 0. The largest absolute Gasteiger partial charge is 0.334 e. The number of aryl methyl sites for hydroxylation is 2. The fourth-order valence-electron chi connectivity index (χ4n) is 4.61. The molecule has 1 atom stereocenters. The molecule has 3 aromatic rings. The molecule has 0 spiro atoms. The Labute approximate surface area is 213 Å². The van der Waals surface area contributed by atoms with Gasteiger partial charge in [-0.1, -0.05) is 44.2 Å². The molecule has 0 N–H and O–H groups in total. The van der Waals surface area contributed by atoms with E-state index in [0.717, 1.165) is 43.1 Å². The average Bonchev–Trinajstić information content (AvgIpc) is 3.32. The van der Waals surface area contributed by atoms with Crippen LogP contribution in [0.15, 0.2) is 55.0 Å². The molecule has 35 heavy (non-hydrogen) atoms. The highest BCUT2D eigenvalue weighted by atomic mass is 15.2. The third-order valence-corrected chi connectivity index (χ3v) is 6.58. The molecule has 2 aromatic heterocycles. The number of rotatable bonds is 15. The first kappa shape index (κ1) is 27.1. The van der Waals surface area contributed by atoms with Gasteiger partial charge in [-0.3, -0.25) is 9.88 Å². The number of nitrogens with zero attached hydrogens (tertiary/aromatic N) is 5. The Morgan fingerprint density at radius 3 is 2.31 bits per heavy atom. The van der Waals surface area contributed by atoms with E-state index in [9.17, 15) is 0 Å². The second-order valence-corrected chi connectivity index (χ2v) is 9.68. The molecule has 0 amide bonds. The summed E-state index contributed by atoms with van der Waals surface area (Å²) in [6.07, 6.45) is 10.9. The van der Waals surface area contributed by atoms with Gasteiger partial charge in [0.25, 0.3) is 0 Å². The molecular weight excluding hydrogens is 430 g/mol. The number of aromatic nitrogens is 3. The minimum atomic E-state index is 0.155. The van der Waals surface area contributed by atoms with Crippen LogP contribution in [0.4, 0.5) is 0 Å². The van der Waals surface area contributed by atoms with Crippen LogP contribution >= 0.6 is 0 Å². The van der Waals surface area contributed by atoms with Gasteiger partial charge in [-0.15, -0.1) is 0 Å². The van der Waals surface area contributed by atoms with Gasteiger partial charge in [-0.05, 0) is 88.8 Å². The summed E-state index contributed by atoms with van der Waals surface area (Å²) in [6, 6.07) is 12.6. The predicted molar refractivity (Wildman–Crippen MR) is 145 cm³/mol. The van der Waals surface area contributed by atoms with E-state index in [4.69, 9.17) is 11.9 Å². The molecule has 0 saturated carbocycles. The minimum absolute atomic E-state index is 0.155. The lowest BCUT2D eigenvalue weighted by Gasteiger charge is -2.29. The maximum atomic E-state index is 5.92. The molecule has 5 nitrogen and oxygen atoms in total. The van der Waals surface area contributed by atoms with Gasteiger partial charge in [0.15, 0.2) is 0 Å². The van der Waals surface area contributed by atoms with E-state index in [1.165, 1.54) is 50.0 Å². The second-order valence-electron chi connectivity index (χ2n) is 9.68. The third-order valence-electron chi connectivity index (χ3n) is 6.58. The van der Waals surface area contributed by atoms with Crippen LogP contribution in [0, 0.1) is 13.8 Å². The summed E-state index contributed by atoms with van der Waals surface area (Å²) in [5.74, 6) is 1.12. The van der Waals surface area contributed by atoms with E-state index < -0.39 is 0 Å². The van der Waals surface area contributed by atoms with Gasteiger partial charge < -0.3 is 9.47 Å². The van der Waals surface area contributed by atoms with Crippen molar-refractivity contribution >= 4 is 0 Å². The van der Waals surface area contributed by atoms with E-state index in [0.29, 0.717) is 0 Å². The quantitative estimate of drug-likeness (QED) is 0.242. The van der Waals surface area contributed by atoms with Gasteiger partial charge in [0.2, 0.25) is 0 Å². The monoisotopic (exact) mass is 473 g/mol. The molecule has 3 rings (SSSR count). The highest BCUT2D eigenvalue weighted by Gasteiger charge is 2.21. The lowest BCUT2D eigenvalue weighted by Crippen LogP contribution is -2.29. The highest BCUT2D eigenvalue weighted by Crippen LogP contribution is 2.24. The molecule has 188 valence electrons. The minimum Gasteiger partial charge on any atom is -0.334 e. The number of imidazole rings is 1. The molecule has 0 aliphatic rings. The van der Waals surface area contributed by atoms with Crippen molar-refractivity contribution in [2.24, 2.45) is 0 Å². The van der Waals surface area contributed by atoms with Crippen molar-refractivity contribution in [3.8, 4) is 0 Å². The molecule has 2 heterocycles. The first-order chi connectivity index (χ1) is 17.0. The van der Waals surface area contributed by atoms with Crippen LogP contribution in [0.1, 0.15) is 80.7 Å². The van der Waals surface area contributed by atoms with Crippen molar-refractivity contribution in [1.82, 2.24) is 24.3 Å². The van der Waals surface area contributed by atoms with E-state index >= 15 is 0 Å². The van der Waals surface area contributed by atoms with Gasteiger partial charge in [0, 0.05) is 38.2 Å². The van der Waals surface area contributed by atoms with Gasteiger partial charge in [0.1, 0.15) is 5.82 Å². The van der Waals surface area contributed by atoms with Crippen LogP contribution in [0.25, 0.3) is 0 Å². The maximum absolute atomic E-state index is 5.92. The van der Waals surface area contributed by atoms with E-state index in [2.05, 4.69) is 77.5 Å². The number of hydrogen-bond donors (Lipinski definition) is 0. The highest BCUT2D eigenvalue weighted by molar-refractivity contribution is 5.24. The van der Waals surface area contributed by atoms with Crippen LogP contribution in [0.2, 0.25) is 0 Å². The first-order valence-electron chi connectivity index (χ1n) is 13.2. The Balaban J connectivity index is 1.68. The van der Waals surface area contributed by atoms with E-state index in [-0.39, 0.29) is 6.04 Å². The maximum Gasteiger partial charge on any atom is 0.125 e. The number of hydrogen-bond acceptors (Lipinski definition) is 4. The molecule has 5 heteroatoms. The lowest BCUT2D eigenvalue weighted by atomic mass is 10.1. The van der Waals surface area contributed by atoms with Crippen LogP contribution in [0.3, 0.4) is 0 Å². The first-order valence-corrected chi connectivity index (χ1v) is 13.2. The lowest BCUT2D eigenvalue weighted by molar-refractivity contribution is 0.178. The topological polar surface area (TPSA) is 37.2 Å². The molecule has 0 saturated heterocycles. The predicted octanol–water partition coefficient (Wildman–Crippen LogP) is 6.31. The zero-order chi connectivity index (χ0) is 25.0. The zero-order valence-electron chi connectivity index (χ0n) is 22.2. The molecule has 1 aromatic carbocycles. The number of pyridine rings is 1. The average molecular weight is 474 g/mol. The van der Waals surface area contributed by atoms with Crippen LogP contribution < -0.4 is 0 Å². The van der Waals surface area contributed by atoms with E-state index in [1.807, 2.05) is 24.5 Å². The smallest absolute Gasteiger partial charge is 0.125 e. The number of unbranched alkanes of at least 4 members (excludes halogenated alkanes) is 1. The Kier molecular flexibility index (Phi) is 11.0. The third kappa shape index (κ3) is 8.59. The molecule has 0 bridgehead atoms. The summed E-state index contributed by atoms with van der Waals surface area (Å²) in [5.41, 5.74) is 4.28. The summed E-state index contributed by atoms with van der Waals surface area (Å²) in [6.45, 7) is 21.0. The van der Waals surface area contributed by atoms with Crippen molar-refractivity contribution in [3.63, 3.8) is 0 Å². The van der Waals surface area contributed by atoms with Crippen molar-refractivity contribution in [2.75, 3.05) is 19.6 Å². The molecule has 0 aliphatic heterocycles. The second kappa shape index (κ2) is 14.2. The van der Waals surface area contributed by atoms with Crippen LogP contribution in [-0.2, 0) is 19.6 Å². The fraction of sp³-hybridized carbons (Fsp3) is 0.500.